The van der Waals surface area contributed by atoms with Gasteiger partial charge in [-0.1, -0.05) is 24.3 Å². The van der Waals surface area contributed by atoms with Crippen LogP contribution < -0.4 is 10.0 Å². The highest BCUT2D eigenvalue weighted by Gasteiger charge is 2.43. The molecule has 0 atom stereocenters. The molecule has 0 bridgehead atoms. The molecule has 0 radical (unpaired) electrons. The van der Waals surface area contributed by atoms with Crippen LogP contribution in [-0.4, -0.2) is 56.0 Å². The Morgan fingerprint density at radius 3 is 2.32 bits per heavy atom. The molecule has 2 fully saturated rings. The number of amides is 1. The number of para-hydroxylation sites is 1. The largest absolute Gasteiger partial charge is 0.365 e. The first-order valence-electron chi connectivity index (χ1n) is 11.0. The van der Waals surface area contributed by atoms with E-state index in [2.05, 4.69) is 14.9 Å². The third kappa shape index (κ3) is 4.07. The molecule has 5 rings (SSSR count). The SMILES string of the molecule is O=C(c1ccc(CN2CCCC2)cc1)N1CCC2(CC1)Nc1ccccc1S(=O)(=O)N2. The molecule has 1 amide bonds. The Labute approximate surface area is 183 Å². The summed E-state index contributed by atoms with van der Waals surface area (Å²) in [4.78, 5) is 17.5. The number of nitrogens with one attached hydrogen (secondary N) is 2. The second-order valence-corrected chi connectivity index (χ2v) is 10.4. The van der Waals surface area contributed by atoms with Gasteiger partial charge in [-0.15, -0.1) is 0 Å². The highest BCUT2D eigenvalue weighted by atomic mass is 32.2. The van der Waals surface area contributed by atoms with Gasteiger partial charge in [0.2, 0.25) is 10.0 Å². The molecule has 164 valence electrons. The van der Waals surface area contributed by atoms with Gasteiger partial charge in [0.25, 0.3) is 5.91 Å². The molecule has 2 aromatic rings. The van der Waals surface area contributed by atoms with Gasteiger partial charge in [0, 0.05) is 38.0 Å². The van der Waals surface area contributed by atoms with E-state index in [1.165, 1.54) is 18.4 Å². The Balaban J connectivity index is 1.24. The molecule has 3 aliphatic heterocycles. The van der Waals surface area contributed by atoms with E-state index in [-0.39, 0.29) is 10.8 Å². The monoisotopic (exact) mass is 440 g/mol. The van der Waals surface area contributed by atoms with E-state index >= 15 is 0 Å². The van der Waals surface area contributed by atoms with Gasteiger partial charge >= 0.3 is 0 Å². The second-order valence-electron chi connectivity index (χ2n) is 8.78. The van der Waals surface area contributed by atoms with E-state index in [4.69, 9.17) is 0 Å². The molecule has 0 aromatic heterocycles. The fourth-order valence-corrected chi connectivity index (χ4v) is 6.40. The lowest BCUT2D eigenvalue weighted by Gasteiger charge is -2.45. The number of nitrogens with zero attached hydrogens (tertiary/aromatic N) is 2. The van der Waals surface area contributed by atoms with E-state index in [1.54, 1.807) is 18.2 Å². The van der Waals surface area contributed by atoms with Gasteiger partial charge in [-0.05, 0) is 55.8 Å². The number of fused-ring (bicyclic) bond motifs is 1. The van der Waals surface area contributed by atoms with Gasteiger partial charge in [0.1, 0.15) is 10.6 Å². The molecule has 2 saturated heterocycles. The number of carbonyl (C=O) groups excluding carboxylic acids is 1. The Morgan fingerprint density at radius 2 is 1.61 bits per heavy atom. The van der Waals surface area contributed by atoms with Gasteiger partial charge in [-0.2, -0.15) is 4.72 Å². The molecule has 2 aromatic carbocycles. The van der Waals surface area contributed by atoms with Crippen LogP contribution in [0.25, 0.3) is 0 Å². The lowest BCUT2D eigenvalue weighted by molar-refractivity contribution is 0.0676. The first kappa shape index (κ1) is 20.5. The Hall–Kier alpha value is -2.42. The van der Waals surface area contributed by atoms with Crippen molar-refractivity contribution in [3.8, 4) is 0 Å². The van der Waals surface area contributed by atoms with E-state index in [9.17, 15) is 13.2 Å². The molecule has 0 saturated carbocycles. The average molecular weight is 441 g/mol. The van der Waals surface area contributed by atoms with Crippen molar-refractivity contribution in [2.45, 2.75) is 42.8 Å². The molecular weight excluding hydrogens is 412 g/mol. The van der Waals surface area contributed by atoms with Crippen LogP contribution in [0.2, 0.25) is 0 Å². The zero-order chi connectivity index (χ0) is 21.5. The quantitative estimate of drug-likeness (QED) is 0.767. The molecule has 7 nitrogen and oxygen atoms in total. The van der Waals surface area contributed by atoms with Crippen LogP contribution >= 0.6 is 0 Å². The molecule has 0 aliphatic carbocycles. The minimum Gasteiger partial charge on any atom is -0.365 e. The van der Waals surface area contributed by atoms with Crippen LogP contribution in [0.5, 0.6) is 0 Å². The van der Waals surface area contributed by atoms with Gasteiger partial charge < -0.3 is 10.2 Å². The van der Waals surface area contributed by atoms with Crippen molar-refractivity contribution in [3.05, 3.63) is 59.7 Å². The number of hydrogen-bond acceptors (Lipinski definition) is 5. The number of anilines is 1. The van der Waals surface area contributed by atoms with Gasteiger partial charge in [0.15, 0.2) is 0 Å². The van der Waals surface area contributed by atoms with Crippen LogP contribution in [-0.2, 0) is 16.6 Å². The van der Waals surface area contributed by atoms with Gasteiger partial charge in [0.05, 0.1) is 5.69 Å². The first-order valence-corrected chi connectivity index (χ1v) is 12.4. The van der Waals surface area contributed by atoms with Crippen molar-refractivity contribution in [3.63, 3.8) is 0 Å². The van der Waals surface area contributed by atoms with E-state index in [1.807, 2.05) is 35.2 Å². The van der Waals surface area contributed by atoms with Gasteiger partial charge in [-0.3, -0.25) is 9.69 Å². The maximum atomic E-state index is 13.0. The predicted octanol–water partition coefficient (Wildman–Crippen LogP) is 2.62. The standard InChI is InChI=1S/C23H28N4O3S/c28-22(19-9-7-18(8-10-19)17-26-13-3-4-14-26)27-15-11-23(12-16-27)24-20-5-1-2-6-21(20)31(29,30)25-23/h1-2,5-10,24-25H,3-4,11-17H2. The normalized spacial score (nSPS) is 22.1. The summed E-state index contributed by atoms with van der Waals surface area (Å²) in [5, 5.41) is 3.38. The molecule has 3 heterocycles. The first-order chi connectivity index (χ1) is 14.9. The lowest BCUT2D eigenvalue weighted by atomic mass is 9.96. The summed E-state index contributed by atoms with van der Waals surface area (Å²) in [6.45, 7) is 4.23. The minimum atomic E-state index is -3.57. The van der Waals surface area contributed by atoms with Crippen LogP contribution in [0.15, 0.2) is 53.4 Å². The number of rotatable bonds is 3. The predicted molar refractivity (Wildman–Crippen MR) is 119 cm³/mol. The van der Waals surface area contributed by atoms with Crippen LogP contribution in [0.4, 0.5) is 5.69 Å². The van der Waals surface area contributed by atoms with Crippen LogP contribution in [0.3, 0.4) is 0 Å². The highest BCUT2D eigenvalue weighted by molar-refractivity contribution is 7.89. The number of benzene rings is 2. The van der Waals surface area contributed by atoms with E-state index < -0.39 is 15.7 Å². The maximum Gasteiger partial charge on any atom is 0.253 e. The smallest absolute Gasteiger partial charge is 0.253 e. The minimum absolute atomic E-state index is 0.00152. The summed E-state index contributed by atoms with van der Waals surface area (Å²) in [5.74, 6) is 0.00152. The summed E-state index contributed by atoms with van der Waals surface area (Å²) in [7, 11) is -3.57. The Kier molecular flexibility index (Phi) is 5.24. The third-order valence-corrected chi connectivity index (χ3v) is 8.18. The molecule has 31 heavy (non-hydrogen) atoms. The van der Waals surface area contributed by atoms with Crippen molar-refractivity contribution >= 4 is 21.6 Å². The molecule has 0 unspecified atom stereocenters. The number of carbonyl (C=O) groups is 1. The lowest BCUT2D eigenvalue weighted by Crippen LogP contribution is -2.62. The number of likely N-dealkylation sites (tertiary alicyclic amines) is 2. The fraction of sp³-hybridized carbons (Fsp3) is 0.435. The number of piperidine rings is 1. The summed E-state index contributed by atoms with van der Waals surface area (Å²) >= 11 is 0. The zero-order valence-corrected chi connectivity index (χ0v) is 18.3. The third-order valence-electron chi connectivity index (χ3n) is 6.59. The van der Waals surface area contributed by atoms with Crippen molar-refractivity contribution < 1.29 is 13.2 Å². The topological polar surface area (TPSA) is 81.8 Å². The van der Waals surface area contributed by atoms with Crippen molar-refractivity contribution in [1.29, 1.82) is 0 Å². The second kappa shape index (κ2) is 7.93. The average Bonchev–Trinajstić information content (AvgIpc) is 3.27. The zero-order valence-electron chi connectivity index (χ0n) is 17.5. The summed E-state index contributed by atoms with van der Waals surface area (Å²) < 4.78 is 28.2. The van der Waals surface area contributed by atoms with Crippen molar-refractivity contribution in [1.82, 2.24) is 14.5 Å². The van der Waals surface area contributed by atoms with Crippen molar-refractivity contribution in [2.24, 2.45) is 0 Å². The molecule has 1 spiro atoms. The summed E-state index contributed by atoms with van der Waals surface area (Å²) in [6, 6.07) is 14.9. The molecular formula is C23H28N4O3S. The van der Waals surface area contributed by atoms with Crippen LogP contribution in [0.1, 0.15) is 41.6 Å². The number of sulfonamides is 1. The molecule has 2 N–H and O–H groups in total. The molecule has 3 aliphatic rings. The molecule has 8 heteroatoms. The number of hydrogen-bond donors (Lipinski definition) is 2. The Morgan fingerprint density at radius 1 is 0.935 bits per heavy atom. The van der Waals surface area contributed by atoms with Crippen LogP contribution in [0, 0.1) is 0 Å². The summed E-state index contributed by atoms with van der Waals surface area (Å²) in [6.07, 6.45) is 3.56. The van der Waals surface area contributed by atoms with E-state index in [0.29, 0.717) is 37.2 Å². The highest BCUT2D eigenvalue weighted by Crippen LogP contribution is 2.35. The van der Waals surface area contributed by atoms with Gasteiger partial charge in [-0.25, -0.2) is 8.42 Å². The van der Waals surface area contributed by atoms with E-state index in [0.717, 1.165) is 19.6 Å². The Bertz CT molecular complexity index is 1070. The maximum absolute atomic E-state index is 13.0. The fourth-order valence-electron chi connectivity index (χ4n) is 4.85. The summed E-state index contributed by atoms with van der Waals surface area (Å²) in [5.41, 5.74) is 1.79. The van der Waals surface area contributed by atoms with Crippen molar-refractivity contribution in [2.75, 3.05) is 31.5 Å².